The lowest BCUT2D eigenvalue weighted by Gasteiger charge is -2.42. The van der Waals surface area contributed by atoms with Crippen LogP contribution < -0.4 is 4.90 Å². The van der Waals surface area contributed by atoms with Crippen LogP contribution in [-0.2, 0) is 19.1 Å². The van der Waals surface area contributed by atoms with Crippen LogP contribution in [0.1, 0.15) is 18.3 Å². The van der Waals surface area contributed by atoms with Crippen LogP contribution >= 0.6 is 0 Å². The summed E-state index contributed by atoms with van der Waals surface area (Å²) < 4.78 is 40.9. The second kappa shape index (κ2) is 6.30. The van der Waals surface area contributed by atoms with Gasteiger partial charge in [-0.25, -0.2) is 4.98 Å². The van der Waals surface area contributed by atoms with Crippen LogP contribution in [0.15, 0.2) is 42.9 Å². The molecule has 0 amide bonds. The van der Waals surface area contributed by atoms with Crippen LogP contribution in [-0.4, -0.2) is 27.6 Å². The number of pyridine rings is 1. The van der Waals surface area contributed by atoms with Crippen LogP contribution in [0.4, 0.5) is 18.9 Å². The van der Waals surface area contributed by atoms with E-state index in [1.54, 1.807) is 6.20 Å². The first-order valence-electron chi connectivity index (χ1n) is 8.66. The molecule has 1 saturated heterocycles. The van der Waals surface area contributed by atoms with Gasteiger partial charge >= 0.3 is 6.18 Å². The number of aryl methyl sites for hydroxylation is 1. The zero-order chi connectivity index (χ0) is 18.3. The molecule has 0 radical (unpaired) electrons. The largest absolute Gasteiger partial charge is 0.416 e. The highest BCUT2D eigenvalue weighted by molar-refractivity contribution is 5.92. The third-order valence-electron chi connectivity index (χ3n) is 4.92. The summed E-state index contributed by atoms with van der Waals surface area (Å²) in [5, 5.41) is 0.760. The number of benzene rings is 1. The van der Waals surface area contributed by atoms with Crippen molar-refractivity contribution in [2.24, 2.45) is 5.92 Å². The molecule has 0 aliphatic carbocycles. The minimum absolute atomic E-state index is 0.378. The molecule has 0 atom stereocenters. The first-order valence-corrected chi connectivity index (χ1v) is 8.66. The molecule has 3 heterocycles. The molecular weight excluding hydrogens is 341 g/mol. The van der Waals surface area contributed by atoms with Gasteiger partial charge in [0.05, 0.1) is 11.1 Å². The smallest absolute Gasteiger partial charge is 0.370 e. The molecule has 0 saturated carbocycles. The molecule has 1 aliphatic heterocycles. The molecule has 4 nitrogen and oxygen atoms in total. The summed E-state index contributed by atoms with van der Waals surface area (Å²) in [6.45, 7) is 4.76. The second-order valence-corrected chi connectivity index (χ2v) is 6.68. The molecule has 1 fully saturated rings. The molecule has 26 heavy (non-hydrogen) atoms. The lowest BCUT2D eigenvalue weighted by molar-refractivity contribution is -0.137. The van der Waals surface area contributed by atoms with Crippen molar-refractivity contribution in [3.05, 3.63) is 54.2 Å². The molecule has 0 unspecified atom stereocenters. The third kappa shape index (κ3) is 3.02. The van der Waals surface area contributed by atoms with Crippen LogP contribution in [0.25, 0.3) is 10.9 Å². The van der Waals surface area contributed by atoms with Gasteiger partial charge in [-0.2, -0.15) is 13.2 Å². The number of nitrogens with zero attached hydrogens (tertiary/aromatic N) is 4. The Hall–Kier alpha value is -2.57. The molecule has 2 aromatic heterocycles. The van der Waals surface area contributed by atoms with Crippen molar-refractivity contribution >= 4 is 16.6 Å². The van der Waals surface area contributed by atoms with Crippen LogP contribution in [0.5, 0.6) is 0 Å². The summed E-state index contributed by atoms with van der Waals surface area (Å²) in [4.78, 5) is 10.7. The Kier molecular flexibility index (Phi) is 4.09. The Bertz CT molecular complexity index is 926. The van der Waals surface area contributed by atoms with E-state index >= 15 is 0 Å². The molecule has 7 heteroatoms. The van der Waals surface area contributed by atoms with Crippen LogP contribution in [0, 0.1) is 5.92 Å². The van der Waals surface area contributed by atoms with Crippen molar-refractivity contribution in [3.8, 4) is 0 Å². The summed E-state index contributed by atoms with van der Waals surface area (Å²) in [7, 11) is 0. The second-order valence-electron chi connectivity index (χ2n) is 6.68. The highest BCUT2D eigenvalue weighted by Gasteiger charge is 2.32. The fourth-order valence-electron chi connectivity index (χ4n) is 3.57. The molecule has 0 spiro atoms. The monoisotopic (exact) mass is 360 g/mol. The van der Waals surface area contributed by atoms with Gasteiger partial charge in [0.2, 0.25) is 0 Å². The van der Waals surface area contributed by atoms with Crippen molar-refractivity contribution in [2.75, 3.05) is 18.0 Å². The Morgan fingerprint density at radius 2 is 1.92 bits per heavy atom. The molecular formula is C19H19F3N4. The third-order valence-corrected chi connectivity index (χ3v) is 4.92. The molecule has 4 rings (SSSR count). The fraction of sp³-hybridized carbons (Fsp3) is 0.368. The Labute approximate surface area is 149 Å². The lowest BCUT2D eigenvalue weighted by atomic mass is 9.97. The fourth-order valence-corrected chi connectivity index (χ4v) is 3.57. The lowest BCUT2D eigenvalue weighted by Crippen LogP contribution is -2.48. The average molecular weight is 360 g/mol. The van der Waals surface area contributed by atoms with Gasteiger partial charge in [0.15, 0.2) is 0 Å². The molecule has 3 aromatic rings. The number of hydrogen-bond acceptors (Lipinski definition) is 3. The van der Waals surface area contributed by atoms with E-state index in [0.29, 0.717) is 11.4 Å². The SMILES string of the molecule is CCc1nccn1CC1CN(c2ccnc3cc(C(F)(F)F)ccc23)C1. The van der Waals surface area contributed by atoms with E-state index in [2.05, 4.69) is 26.4 Å². The van der Waals surface area contributed by atoms with E-state index in [4.69, 9.17) is 0 Å². The standard InChI is InChI=1S/C19H19F3N4/c1-2-18-24-7-8-25(18)10-13-11-26(12-13)17-5-6-23-16-9-14(19(20,21)22)3-4-15(16)17/h3-9,13H,2,10-12H2,1H3. The van der Waals surface area contributed by atoms with Gasteiger partial charge in [-0.1, -0.05) is 13.0 Å². The number of anilines is 1. The Balaban J connectivity index is 1.52. The average Bonchev–Trinajstić information content (AvgIpc) is 3.03. The Morgan fingerprint density at radius 1 is 1.12 bits per heavy atom. The summed E-state index contributed by atoms with van der Waals surface area (Å²) in [6, 6.07) is 5.65. The number of imidazole rings is 1. The van der Waals surface area contributed by atoms with E-state index in [9.17, 15) is 13.2 Å². The highest BCUT2D eigenvalue weighted by atomic mass is 19.4. The maximum atomic E-state index is 12.9. The topological polar surface area (TPSA) is 34.0 Å². The van der Waals surface area contributed by atoms with Crippen molar-refractivity contribution in [1.29, 1.82) is 0 Å². The molecule has 136 valence electrons. The van der Waals surface area contributed by atoms with E-state index < -0.39 is 11.7 Å². The van der Waals surface area contributed by atoms with Crippen molar-refractivity contribution < 1.29 is 13.2 Å². The van der Waals surface area contributed by atoms with Gasteiger partial charge in [-0.05, 0) is 18.2 Å². The highest BCUT2D eigenvalue weighted by Crippen LogP contribution is 2.35. The van der Waals surface area contributed by atoms with Gasteiger partial charge in [-0.3, -0.25) is 4.98 Å². The number of halogens is 3. The molecule has 1 aromatic carbocycles. The summed E-state index contributed by atoms with van der Waals surface area (Å²) in [5.74, 6) is 1.59. The zero-order valence-electron chi connectivity index (χ0n) is 14.4. The van der Waals surface area contributed by atoms with Gasteiger partial charge in [0.25, 0.3) is 0 Å². The maximum absolute atomic E-state index is 12.9. The van der Waals surface area contributed by atoms with Crippen LogP contribution in [0.3, 0.4) is 0 Å². The van der Waals surface area contributed by atoms with Crippen molar-refractivity contribution in [2.45, 2.75) is 26.1 Å². The quantitative estimate of drug-likeness (QED) is 0.701. The first-order chi connectivity index (χ1) is 12.5. The van der Waals surface area contributed by atoms with Crippen molar-refractivity contribution in [1.82, 2.24) is 14.5 Å². The normalized spacial score (nSPS) is 15.5. The molecule has 0 bridgehead atoms. The maximum Gasteiger partial charge on any atom is 0.416 e. The van der Waals surface area contributed by atoms with E-state index in [1.165, 1.54) is 6.07 Å². The number of rotatable bonds is 4. The number of fused-ring (bicyclic) bond motifs is 1. The minimum atomic E-state index is -4.35. The minimum Gasteiger partial charge on any atom is -0.370 e. The predicted octanol–water partition coefficient (Wildman–Crippen LogP) is 4.15. The van der Waals surface area contributed by atoms with E-state index in [1.807, 2.05) is 18.5 Å². The first kappa shape index (κ1) is 16.9. The number of hydrogen-bond donors (Lipinski definition) is 0. The van der Waals surface area contributed by atoms with Crippen LogP contribution in [0.2, 0.25) is 0 Å². The summed E-state index contributed by atoms with van der Waals surface area (Å²) in [5.41, 5.74) is 0.660. The Morgan fingerprint density at radius 3 is 2.65 bits per heavy atom. The van der Waals surface area contributed by atoms with Gasteiger partial charge < -0.3 is 9.47 Å². The van der Waals surface area contributed by atoms with Gasteiger partial charge in [0.1, 0.15) is 5.82 Å². The van der Waals surface area contributed by atoms with Gasteiger partial charge in [0, 0.05) is 61.6 Å². The number of alkyl halides is 3. The predicted molar refractivity (Wildman–Crippen MR) is 94.1 cm³/mol. The molecule has 0 N–H and O–H groups in total. The number of aromatic nitrogens is 3. The van der Waals surface area contributed by atoms with E-state index in [-0.39, 0.29) is 0 Å². The van der Waals surface area contributed by atoms with E-state index in [0.717, 1.165) is 55.1 Å². The van der Waals surface area contributed by atoms with Gasteiger partial charge in [-0.15, -0.1) is 0 Å². The summed E-state index contributed by atoms with van der Waals surface area (Å²) >= 11 is 0. The van der Waals surface area contributed by atoms with Crippen molar-refractivity contribution in [3.63, 3.8) is 0 Å². The molecule has 1 aliphatic rings. The zero-order valence-corrected chi connectivity index (χ0v) is 14.4. The summed E-state index contributed by atoms with van der Waals surface area (Å²) in [6.07, 6.45) is 1.96.